The number of hydrogen-bond acceptors (Lipinski definition) is 4. The lowest BCUT2D eigenvalue weighted by molar-refractivity contribution is -0.133. The first-order valence-electron chi connectivity index (χ1n) is 3.44. The summed E-state index contributed by atoms with van der Waals surface area (Å²) in [5.41, 5.74) is 0. The standard InChI is InChI=1S/C6H14O4Si/c1-6(7)10-11(3)9-5-4-8-2/h11H,4-5H2,1-3H3. The smallest absolute Gasteiger partial charge is 0.382 e. The van der Waals surface area contributed by atoms with E-state index in [0.717, 1.165) is 0 Å². The largest absolute Gasteiger partial charge is 0.497 e. The maximum Gasteiger partial charge on any atom is 0.382 e. The highest BCUT2D eigenvalue weighted by Gasteiger charge is 2.07. The minimum Gasteiger partial charge on any atom is -0.497 e. The van der Waals surface area contributed by atoms with Gasteiger partial charge >= 0.3 is 9.28 Å². The molecule has 0 N–H and O–H groups in total. The van der Waals surface area contributed by atoms with Crippen LogP contribution in [0.25, 0.3) is 0 Å². The van der Waals surface area contributed by atoms with Gasteiger partial charge in [-0.05, 0) is 6.55 Å². The summed E-state index contributed by atoms with van der Waals surface area (Å²) >= 11 is 0. The fraction of sp³-hybridized carbons (Fsp3) is 0.833. The first-order chi connectivity index (χ1) is 5.16. The maximum absolute atomic E-state index is 10.4. The van der Waals surface area contributed by atoms with Crippen molar-refractivity contribution < 1.29 is 18.4 Å². The molecule has 0 amide bonds. The Kier molecular flexibility index (Phi) is 6.10. The molecular weight excluding hydrogens is 164 g/mol. The molecule has 0 aromatic rings. The Bertz CT molecular complexity index is 117. The first kappa shape index (κ1) is 10.6. The molecule has 0 aliphatic rings. The number of ether oxygens (including phenoxy) is 1. The van der Waals surface area contributed by atoms with E-state index < -0.39 is 9.28 Å². The van der Waals surface area contributed by atoms with Crippen LogP contribution < -0.4 is 0 Å². The topological polar surface area (TPSA) is 44.8 Å². The zero-order valence-electron chi connectivity index (χ0n) is 7.12. The summed E-state index contributed by atoms with van der Waals surface area (Å²) < 4.78 is 14.7. The van der Waals surface area contributed by atoms with E-state index in [1.54, 1.807) is 13.7 Å². The van der Waals surface area contributed by atoms with Crippen LogP contribution in [-0.2, 0) is 18.4 Å². The van der Waals surface area contributed by atoms with Gasteiger partial charge < -0.3 is 13.6 Å². The third-order valence-corrected chi connectivity index (χ3v) is 2.34. The molecule has 11 heavy (non-hydrogen) atoms. The van der Waals surface area contributed by atoms with Crippen molar-refractivity contribution in [3.8, 4) is 0 Å². The minimum atomic E-state index is -1.72. The van der Waals surface area contributed by atoms with Crippen molar-refractivity contribution in [1.29, 1.82) is 0 Å². The monoisotopic (exact) mass is 178 g/mol. The van der Waals surface area contributed by atoms with Crippen molar-refractivity contribution in [3.63, 3.8) is 0 Å². The molecule has 0 fully saturated rings. The van der Waals surface area contributed by atoms with Gasteiger partial charge in [0.05, 0.1) is 13.2 Å². The fourth-order valence-electron chi connectivity index (χ4n) is 0.565. The lowest BCUT2D eigenvalue weighted by Gasteiger charge is -2.10. The molecule has 0 saturated heterocycles. The summed E-state index contributed by atoms with van der Waals surface area (Å²) in [5, 5.41) is 0. The van der Waals surface area contributed by atoms with Gasteiger partial charge in [0.2, 0.25) is 0 Å². The van der Waals surface area contributed by atoms with Crippen molar-refractivity contribution >= 4 is 15.3 Å². The van der Waals surface area contributed by atoms with Crippen LogP contribution in [0.3, 0.4) is 0 Å². The normalized spacial score (nSPS) is 12.6. The zero-order valence-corrected chi connectivity index (χ0v) is 8.28. The Labute approximate surface area is 68.3 Å². The second-order valence-corrected chi connectivity index (χ2v) is 3.74. The van der Waals surface area contributed by atoms with Crippen LogP contribution in [0.5, 0.6) is 0 Å². The summed E-state index contributed by atoms with van der Waals surface area (Å²) in [6.07, 6.45) is 0. The SMILES string of the molecule is COCCO[SiH](C)OC(C)=O. The van der Waals surface area contributed by atoms with Crippen LogP contribution in [0.2, 0.25) is 6.55 Å². The molecule has 0 spiro atoms. The highest BCUT2D eigenvalue weighted by Crippen LogP contribution is 1.88. The Morgan fingerprint density at radius 2 is 2.09 bits per heavy atom. The molecule has 0 aromatic carbocycles. The highest BCUT2D eigenvalue weighted by molar-refractivity contribution is 6.44. The fourth-order valence-corrected chi connectivity index (χ4v) is 1.53. The molecule has 1 unspecified atom stereocenters. The van der Waals surface area contributed by atoms with Gasteiger partial charge in [-0.1, -0.05) is 0 Å². The number of carbonyl (C=O) groups excluding carboxylic acids is 1. The molecule has 0 rings (SSSR count). The van der Waals surface area contributed by atoms with E-state index in [1.165, 1.54) is 6.92 Å². The van der Waals surface area contributed by atoms with Crippen LogP contribution >= 0.6 is 0 Å². The van der Waals surface area contributed by atoms with E-state index in [2.05, 4.69) is 0 Å². The molecule has 66 valence electrons. The van der Waals surface area contributed by atoms with Gasteiger partial charge in [-0.2, -0.15) is 0 Å². The summed E-state index contributed by atoms with van der Waals surface area (Å²) in [5.74, 6) is -0.276. The summed E-state index contributed by atoms with van der Waals surface area (Å²) in [6.45, 7) is 4.22. The Morgan fingerprint density at radius 1 is 1.45 bits per heavy atom. The molecular formula is C6H14O4Si. The summed E-state index contributed by atoms with van der Waals surface area (Å²) in [6, 6.07) is 0. The molecule has 0 aliphatic heterocycles. The second-order valence-electron chi connectivity index (χ2n) is 2.04. The van der Waals surface area contributed by atoms with Gasteiger partial charge in [-0.15, -0.1) is 0 Å². The van der Waals surface area contributed by atoms with Crippen molar-refractivity contribution in [2.45, 2.75) is 13.5 Å². The lowest BCUT2D eigenvalue weighted by atomic mass is 10.8. The van der Waals surface area contributed by atoms with Crippen molar-refractivity contribution in [2.75, 3.05) is 20.3 Å². The molecule has 4 nitrogen and oxygen atoms in total. The van der Waals surface area contributed by atoms with E-state index in [-0.39, 0.29) is 5.97 Å². The predicted octanol–water partition coefficient (Wildman–Crippen LogP) is 0.0628. The predicted molar refractivity (Wildman–Crippen MR) is 42.6 cm³/mol. The Morgan fingerprint density at radius 3 is 2.55 bits per heavy atom. The minimum absolute atomic E-state index is 0.276. The van der Waals surface area contributed by atoms with Gasteiger partial charge in [-0.25, -0.2) is 0 Å². The maximum atomic E-state index is 10.4. The third kappa shape index (κ3) is 7.50. The van der Waals surface area contributed by atoms with Gasteiger partial charge in [0.15, 0.2) is 0 Å². The molecule has 0 saturated carbocycles. The average Bonchev–Trinajstić information content (AvgIpc) is 1.86. The Balaban J connectivity index is 3.22. The lowest BCUT2D eigenvalue weighted by Crippen LogP contribution is -2.23. The van der Waals surface area contributed by atoms with Gasteiger partial charge in [0.1, 0.15) is 0 Å². The number of rotatable bonds is 5. The molecule has 0 radical (unpaired) electrons. The van der Waals surface area contributed by atoms with Crippen LogP contribution in [-0.4, -0.2) is 35.6 Å². The van der Waals surface area contributed by atoms with Gasteiger partial charge in [0.25, 0.3) is 5.97 Å². The second kappa shape index (κ2) is 6.33. The third-order valence-electron chi connectivity index (χ3n) is 0.972. The van der Waals surface area contributed by atoms with Gasteiger partial charge in [-0.3, -0.25) is 4.79 Å². The highest BCUT2D eigenvalue weighted by atomic mass is 28.3. The van der Waals surface area contributed by atoms with E-state index in [4.69, 9.17) is 13.6 Å². The van der Waals surface area contributed by atoms with Crippen molar-refractivity contribution in [1.82, 2.24) is 0 Å². The molecule has 0 aromatic heterocycles. The number of carbonyl (C=O) groups is 1. The number of hydrogen-bond donors (Lipinski definition) is 0. The Hall–Kier alpha value is -0.393. The van der Waals surface area contributed by atoms with Crippen LogP contribution in [0.15, 0.2) is 0 Å². The molecule has 1 atom stereocenters. The summed E-state index contributed by atoms with van der Waals surface area (Å²) in [7, 11) is -0.123. The van der Waals surface area contributed by atoms with Crippen LogP contribution in [0, 0.1) is 0 Å². The van der Waals surface area contributed by atoms with Crippen LogP contribution in [0.1, 0.15) is 6.92 Å². The quantitative estimate of drug-likeness (QED) is 0.441. The number of methoxy groups -OCH3 is 1. The van der Waals surface area contributed by atoms with Crippen molar-refractivity contribution in [2.24, 2.45) is 0 Å². The van der Waals surface area contributed by atoms with Gasteiger partial charge in [0, 0.05) is 14.0 Å². The first-order valence-corrected chi connectivity index (χ1v) is 5.54. The summed E-state index contributed by atoms with van der Waals surface area (Å²) in [4.78, 5) is 10.4. The van der Waals surface area contributed by atoms with E-state index in [1.807, 2.05) is 0 Å². The zero-order chi connectivity index (χ0) is 8.69. The molecule has 5 heteroatoms. The molecule has 0 aliphatic carbocycles. The average molecular weight is 178 g/mol. The van der Waals surface area contributed by atoms with E-state index in [9.17, 15) is 4.79 Å². The molecule has 0 bridgehead atoms. The van der Waals surface area contributed by atoms with Crippen molar-refractivity contribution in [3.05, 3.63) is 0 Å². The molecule has 0 heterocycles. The van der Waals surface area contributed by atoms with E-state index in [0.29, 0.717) is 13.2 Å². The van der Waals surface area contributed by atoms with E-state index >= 15 is 0 Å². The van der Waals surface area contributed by atoms with Crippen LogP contribution in [0.4, 0.5) is 0 Å².